The fourth-order valence-corrected chi connectivity index (χ4v) is 1.89. The molecule has 0 aromatic heterocycles. The summed E-state index contributed by atoms with van der Waals surface area (Å²) in [5, 5.41) is 0. The first-order valence-electron chi connectivity index (χ1n) is 5.26. The summed E-state index contributed by atoms with van der Waals surface area (Å²) in [7, 11) is 0. The number of carbonyl (C=O) groups is 1. The molecule has 0 saturated carbocycles. The summed E-state index contributed by atoms with van der Waals surface area (Å²) in [4.78, 5) is 11.7. The molecule has 0 aliphatic heterocycles. The van der Waals surface area contributed by atoms with Gasteiger partial charge in [-0.15, -0.1) is 0 Å². The topological polar surface area (TPSA) is 26.3 Å². The molecule has 1 atom stereocenters. The van der Waals surface area contributed by atoms with E-state index in [1.54, 1.807) is 25.6 Å². The van der Waals surface area contributed by atoms with Crippen molar-refractivity contribution in [2.45, 2.75) is 45.0 Å². The van der Waals surface area contributed by atoms with Crippen molar-refractivity contribution >= 4 is 33.7 Å². The molecular weight excluding hydrogens is 276 g/mol. The Morgan fingerprint density at radius 2 is 2.00 bits per heavy atom. The highest BCUT2D eigenvalue weighted by Crippen LogP contribution is 2.21. The molecule has 0 aliphatic carbocycles. The van der Waals surface area contributed by atoms with Crippen LogP contribution in [0.3, 0.4) is 0 Å². The fraction of sp³-hybridized carbons (Fsp3) is 0.909. The van der Waals surface area contributed by atoms with Crippen LogP contribution in [0.25, 0.3) is 0 Å². The second-order valence-corrected chi connectivity index (χ2v) is 7.62. The molecule has 2 nitrogen and oxygen atoms in total. The zero-order chi connectivity index (χ0) is 12.1. The number of halogens is 1. The van der Waals surface area contributed by atoms with Crippen molar-refractivity contribution in [3.05, 3.63) is 0 Å². The quantitative estimate of drug-likeness (QED) is 0.554. The van der Waals surface area contributed by atoms with E-state index in [9.17, 15) is 4.79 Å². The number of hydrogen-bond acceptors (Lipinski definition) is 3. The normalized spacial score (nSPS) is 14.1. The van der Waals surface area contributed by atoms with Crippen molar-refractivity contribution in [1.82, 2.24) is 0 Å². The van der Waals surface area contributed by atoms with Crippen molar-refractivity contribution in [3.8, 4) is 0 Å². The van der Waals surface area contributed by atoms with Gasteiger partial charge < -0.3 is 4.74 Å². The van der Waals surface area contributed by atoms with E-state index in [2.05, 4.69) is 36.7 Å². The Labute approximate surface area is 106 Å². The molecule has 4 heteroatoms. The van der Waals surface area contributed by atoms with Gasteiger partial charge in [0.25, 0.3) is 0 Å². The Morgan fingerprint density at radius 1 is 1.47 bits per heavy atom. The average molecular weight is 297 g/mol. The highest BCUT2D eigenvalue weighted by molar-refractivity contribution is 9.10. The SMILES string of the molecule is CCSCC(OC(=O)C(C)(C)Br)C(C)C. The molecule has 0 aliphatic rings. The maximum atomic E-state index is 11.7. The fourth-order valence-electron chi connectivity index (χ4n) is 0.874. The molecule has 0 saturated heterocycles. The molecule has 1 unspecified atom stereocenters. The summed E-state index contributed by atoms with van der Waals surface area (Å²) < 4.78 is 4.89. The van der Waals surface area contributed by atoms with Gasteiger partial charge in [-0.3, -0.25) is 4.79 Å². The summed E-state index contributed by atoms with van der Waals surface area (Å²) in [6.45, 7) is 9.88. The number of alkyl halides is 1. The van der Waals surface area contributed by atoms with Crippen LogP contribution in [0.1, 0.15) is 34.6 Å². The summed E-state index contributed by atoms with van der Waals surface area (Å²) in [6, 6.07) is 0. The molecule has 90 valence electrons. The first-order chi connectivity index (χ1) is 6.79. The van der Waals surface area contributed by atoms with E-state index in [-0.39, 0.29) is 12.1 Å². The maximum Gasteiger partial charge on any atom is 0.322 e. The maximum absolute atomic E-state index is 11.7. The summed E-state index contributed by atoms with van der Waals surface area (Å²) in [5.74, 6) is 2.11. The van der Waals surface area contributed by atoms with Crippen molar-refractivity contribution in [2.24, 2.45) is 5.92 Å². The third-order valence-corrected chi connectivity index (χ3v) is 3.27. The lowest BCUT2D eigenvalue weighted by Crippen LogP contribution is -2.34. The van der Waals surface area contributed by atoms with Gasteiger partial charge in [-0.2, -0.15) is 11.8 Å². The molecule has 0 aromatic rings. The van der Waals surface area contributed by atoms with Gasteiger partial charge >= 0.3 is 5.97 Å². The summed E-state index contributed by atoms with van der Waals surface area (Å²) >= 11 is 5.11. The monoisotopic (exact) mass is 296 g/mol. The van der Waals surface area contributed by atoms with Crippen LogP contribution in [0.4, 0.5) is 0 Å². The molecule has 0 bridgehead atoms. The number of thioether (sulfide) groups is 1. The zero-order valence-electron chi connectivity index (χ0n) is 10.2. The van der Waals surface area contributed by atoms with Crippen LogP contribution in [-0.2, 0) is 9.53 Å². The first-order valence-corrected chi connectivity index (χ1v) is 7.21. The van der Waals surface area contributed by atoms with Gasteiger partial charge in [0, 0.05) is 5.75 Å². The smallest absolute Gasteiger partial charge is 0.322 e. The average Bonchev–Trinajstić information content (AvgIpc) is 2.09. The predicted octanol–water partition coefficient (Wildman–Crippen LogP) is 3.48. The van der Waals surface area contributed by atoms with Crippen molar-refractivity contribution in [2.75, 3.05) is 11.5 Å². The van der Waals surface area contributed by atoms with E-state index >= 15 is 0 Å². The zero-order valence-corrected chi connectivity index (χ0v) is 12.6. The number of hydrogen-bond donors (Lipinski definition) is 0. The lowest BCUT2D eigenvalue weighted by atomic mass is 10.1. The van der Waals surface area contributed by atoms with Gasteiger partial charge in [-0.25, -0.2) is 0 Å². The molecular formula is C11H21BrO2S. The van der Waals surface area contributed by atoms with E-state index in [0.717, 1.165) is 11.5 Å². The predicted molar refractivity (Wildman–Crippen MR) is 70.7 cm³/mol. The van der Waals surface area contributed by atoms with Crippen LogP contribution in [0.5, 0.6) is 0 Å². The van der Waals surface area contributed by atoms with Crippen LogP contribution in [0.2, 0.25) is 0 Å². The molecule has 0 N–H and O–H groups in total. The van der Waals surface area contributed by atoms with Crippen molar-refractivity contribution in [3.63, 3.8) is 0 Å². The highest BCUT2D eigenvalue weighted by Gasteiger charge is 2.29. The minimum absolute atomic E-state index is 0.0132. The van der Waals surface area contributed by atoms with Gasteiger partial charge in [0.2, 0.25) is 0 Å². The van der Waals surface area contributed by atoms with E-state index in [0.29, 0.717) is 5.92 Å². The molecule has 0 rings (SSSR count). The Hall–Kier alpha value is 0.300. The Morgan fingerprint density at radius 3 is 2.33 bits per heavy atom. The van der Waals surface area contributed by atoms with E-state index < -0.39 is 4.32 Å². The molecule has 0 amide bonds. The molecule has 15 heavy (non-hydrogen) atoms. The number of rotatable bonds is 6. The standard InChI is InChI=1S/C11H21BrO2S/c1-6-15-7-9(8(2)3)14-10(13)11(4,5)12/h8-9H,6-7H2,1-5H3. The molecule has 0 fully saturated rings. The lowest BCUT2D eigenvalue weighted by molar-refractivity contribution is -0.151. The Balaban J connectivity index is 4.23. The van der Waals surface area contributed by atoms with Crippen LogP contribution >= 0.6 is 27.7 Å². The van der Waals surface area contributed by atoms with E-state index in [1.165, 1.54) is 0 Å². The second kappa shape index (κ2) is 6.79. The number of ether oxygens (including phenoxy) is 1. The van der Waals surface area contributed by atoms with Crippen LogP contribution in [0, 0.1) is 5.92 Å². The Kier molecular flexibility index (Phi) is 6.93. The molecule has 0 spiro atoms. The number of carbonyl (C=O) groups excluding carboxylic acids is 1. The summed E-state index contributed by atoms with van der Waals surface area (Å²) in [5.41, 5.74) is 0. The third kappa shape index (κ3) is 6.46. The van der Waals surface area contributed by atoms with Gasteiger partial charge in [0.1, 0.15) is 10.4 Å². The Bertz CT molecular complexity index is 199. The second-order valence-electron chi connectivity index (χ2n) is 4.32. The largest absolute Gasteiger partial charge is 0.460 e. The molecule has 0 heterocycles. The third-order valence-electron chi connectivity index (χ3n) is 1.97. The minimum atomic E-state index is -0.586. The summed E-state index contributed by atoms with van der Waals surface area (Å²) in [6.07, 6.45) is 0.0132. The highest BCUT2D eigenvalue weighted by atomic mass is 79.9. The molecule has 0 radical (unpaired) electrons. The van der Waals surface area contributed by atoms with Gasteiger partial charge in [0.05, 0.1) is 0 Å². The first kappa shape index (κ1) is 15.3. The van der Waals surface area contributed by atoms with E-state index in [1.807, 2.05) is 0 Å². The van der Waals surface area contributed by atoms with Gasteiger partial charge in [-0.1, -0.05) is 36.7 Å². The lowest BCUT2D eigenvalue weighted by Gasteiger charge is -2.24. The van der Waals surface area contributed by atoms with Crippen LogP contribution < -0.4 is 0 Å². The van der Waals surface area contributed by atoms with Crippen LogP contribution in [-0.4, -0.2) is 27.9 Å². The minimum Gasteiger partial charge on any atom is -0.460 e. The van der Waals surface area contributed by atoms with Gasteiger partial charge in [-0.05, 0) is 25.5 Å². The molecule has 0 aromatic carbocycles. The van der Waals surface area contributed by atoms with Crippen molar-refractivity contribution < 1.29 is 9.53 Å². The van der Waals surface area contributed by atoms with Crippen LogP contribution in [0.15, 0.2) is 0 Å². The number of esters is 1. The van der Waals surface area contributed by atoms with Gasteiger partial charge in [0.15, 0.2) is 0 Å². The van der Waals surface area contributed by atoms with Crippen molar-refractivity contribution in [1.29, 1.82) is 0 Å². The van der Waals surface area contributed by atoms with E-state index in [4.69, 9.17) is 4.74 Å².